The standard InChI is InChI=1S/C9H10BrNO/c10-9-5-7(1-3-11-9)8-2-4-12-6-8/h1,3,5,8H,2,4,6H2. The van der Waals surface area contributed by atoms with Gasteiger partial charge < -0.3 is 4.74 Å². The molecule has 0 saturated carbocycles. The van der Waals surface area contributed by atoms with Gasteiger partial charge >= 0.3 is 0 Å². The second-order valence-corrected chi connectivity index (χ2v) is 3.78. The van der Waals surface area contributed by atoms with Crippen LogP contribution in [0.25, 0.3) is 0 Å². The van der Waals surface area contributed by atoms with E-state index >= 15 is 0 Å². The van der Waals surface area contributed by atoms with Crippen LogP contribution in [0.2, 0.25) is 0 Å². The number of nitrogens with zero attached hydrogens (tertiary/aromatic N) is 1. The lowest BCUT2D eigenvalue weighted by Crippen LogP contribution is -1.97. The largest absolute Gasteiger partial charge is 0.381 e. The maximum atomic E-state index is 5.32. The molecule has 3 heteroatoms. The molecule has 0 N–H and O–H groups in total. The highest BCUT2D eigenvalue weighted by atomic mass is 79.9. The third-order valence-electron chi connectivity index (χ3n) is 2.15. The third kappa shape index (κ3) is 1.67. The van der Waals surface area contributed by atoms with E-state index in [2.05, 4.69) is 33.0 Å². The van der Waals surface area contributed by atoms with E-state index in [0.717, 1.165) is 24.2 Å². The van der Waals surface area contributed by atoms with E-state index in [1.807, 2.05) is 6.20 Å². The van der Waals surface area contributed by atoms with Gasteiger partial charge in [-0.15, -0.1) is 0 Å². The summed E-state index contributed by atoms with van der Waals surface area (Å²) >= 11 is 3.36. The smallest absolute Gasteiger partial charge is 0.106 e. The van der Waals surface area contributed by atoms with Gasteiger partial charge in [0, 0.05) is 18.7 Å². The van der Waals surface area contributed by atoms with Gasteiger partial charge in [-0.2, -0.15) is 0 Å². The Balaban J connectivity index is 2.21. The Kier molecular flexibility index (Phi) is 2.42. The van der Waals surface area contributed by atoms with Gasteiger partial charge in [0.1, 0.15) is 4.60 Å². The van der Waals surface area contributed by atoms with Crippen LogP contribution >= 0.6 is 15.9 Å². The molecule has 1 fully saturated rings. The number of pyridine rings is 1. The fourth-order valence-electron chi connectivity index (χ4n) is 1.47. The van der Waals surface area contributed by atoms with Crippen molar-refractivity contribution in [2.75, 3.05) is 13.2 Å². The molecular formula is C9H10BrNO. The number of ether oxygens (including phenoxy) is 1. The quantitative estimate of drug-likeness (QED) is 0.688. The molecule has 64 valence electrons. The lowest BCUT2D eigenvalue weighted by atomic mass is 10.0. The normalized spacial score (nSPS) is 22.9. The zero-order chi connectivity index (χ0) is 8.39. The Hall–Kier alpha value is -0.410. The van der Waals surface area contributed by atoms with Crippen LogP contribution < -0.4 is 0 Å². The van der Waals surface area contributed by atoms with Gasteiger partial charge in [0.15, 0.2) is 0 Å². The molecule has 0 radical (unpaired) electrons. The molecule has 12 heavy (non-hydrogen) atoms. The molecule has 1 aromatic heterocycles. The van der Waals surface area contributed by atoms with E-state index in [1.165, 1.54) is 5.56 Å². The van der Waals surface area contributed by atoms with Crippen molar-refractivity contribution in [2.45, 2.75) is 12.3 Å². The molecule has 0 aliphatic carbocycles. The first-order chi connectivity index (χ1) is 5.86. The van der Waals surface area contributed by atoms with E-state index < -0.39 is 0 Å². The number of rotatable bonds is 1. The molecule has 1 aromatic rings. The highest BCUT2D eigenvalue weighted by molar-refractivity contribution is 9.10. The molecule has 1 unspecified atom stereocenters. The second kappa shape index (κ2) is 3.54. The van der Waals surface area contributed by atoms with Crippen LogP contribution in [0.5, 0.6) is 0 Å². The predicted octanol–water partition coefficient (Wildman–Crippen LogP) is 2.35. The summed E-state index contributed by atoms with van der Waals surface area (Å²) in [4.78, 5) is 4.09. The molecular weight excluding hydrogens is 218 g/mol. The molecule has 1 saturated heterocycles. The molecule has 0 aromatic carbocycles. The summed E-state index contributed by atoms with van der Waals surface area (Å²) in [5, 5.41) is 0. The zero-order valence-corrected chi connectivity index (χ0v) is 8.25. The molecule has 1 atom stereocenters. The average Bonchev–Trinajstić information content (AvgIpc) is 2.56. The van der Waals surface area contributed by atoms with Crippen LogP contribution in [0.15, 0.2) is 22.9 Å². The molecule has 1 aliphatic heterocycles. The van der Waals surface area contributed by atoms with E-state index in [9.17, 15) is 0 Å². The molecule has 0 bridgehead atoms. The van der Waals surface area contributed by atoms with Crippen molar-refractivity contribution < 1.29 is 4.74 Å². The monoisotopic (exact) mass is 227 g/mol. The lowest BCUT2D eigenvalue weighted by molar-refractivity contribution is 0.194. The number of halogens is 1. The first-order valence-electron chi connectivity index (χ1n) is 4.05. The molecule has 2 heterocycles. The Bertz CT molecular complexity index is 271. The van der Waals surface area contributed by atoms with E-state index in [4.69, 9.17) is 4.74 Å². The van der Waals surface area contributed by atoms with Gasteiger partial charge in [-0.05, 0) is 40.0 Å². The topological polar surface area (TPSA) is 22.1 Å². The lowest BCUT2D eigenvalue weighted by Gasteiger charge is -2.06. The van der Waals surface area contributed by atoms with Crippen molar-refractivity contribution in [3.8, 4) is 0 Å². The molecule has 2 rings (SSSR count). The first kappa shape index (κ1) is 8.20. The second-order valence-electron chi connectivity index (χ2n) is 2.97. The SMILES string of the molecule is Brc1cc(C2CCOC2)ccn1. The van der Waals surface area contributed by atoms with Gasteiger partial charge in [-0.25, -0.2) is 4.98 Å². The summed E-state index contributed by atoms with van der Waals surface area (Å²) in [6.07, 6.45) is 2.97. The number of hydrogen-bond donors (Lipinski definition) is 0. The van der Waals surface area contributed by atoms with Crippen LogP contribution in [0.1, 0.15) is 17.9 Å². The van der Waals surface area contributed by atoms with Crippen molar-refractivity contribution in [3.05, 3.63) is 28.5 Å². The summed E-state index contributed by atoms with van der Waals surface area (Å²) in [6.45, 7) is 1.75. The van der Waals surface area contributed by atoms with Crippen molar-refractivity contribution in [1.82, 2.24) is 4.98 Å². The van der Waals surface area contributed by atoms with E-state index in [1.54, 1.807) is 0 Å². The minimum atomic E-state index is 0.573. The Labute approximate surface area is 80.1 Å². The minimum absolute atomic E-state index is 0.573. The van der Waals surface area contributed by atoms with Crippen molar-refractivity contribution in [1.29, 1.82) is 0 Å². The maximum absolute atomic E-state index is 5.32. The summed E-state index contributed by atoms with van der Waals surface area (Å²) in [5.41, 5.74) is 1.33. The maximum Gasteiger partial charge on any atom is 0.106 e. The third-order valence-corrected chi connectivity index (χ3v) is 2.59. The Morgan fingerprint density at radius 1 is 1.58 bits per heavy atom. The zero-order valence-electron chi connectivity index (χ0n) is 6.66. The van der Waals surface area contributed by atoms with Crippen LogP contribution in [0, 0.1) is 0 Å². The van der Waals surface area contributed by atoms with Gasteiger partial charge in [0.25, 0.3) is 0 Å². The van der Waals surface area contributed by atoms with E-state index in [0.29, 0.717) is 5.92 Å². The Morgan fingerprint density at radius 3 is 3.17 bits per heavy atom. The van der Waals surface area contributed by atoms with Crippen LogP contribution in [0.3, 0.4) is 0 Å². The fourth-order valence-corrected chi connectivity index (χ4v) is 1.85. The van der Waals surface area contributed by atoms with E-state index in [-0.39, 0.29) is 0 Å². The number of hydrogen-bond acceptors (Lipinski definition) is 2. The van der Waals surface area contributed by atoms with Crippen LogP contribution in [-0.4, -0.2) is 18.2 Å². The molecule has 0 amide bonds. The van der Waals surface area contributed by atoms with Crippen LogP contribution in [-0.2, 0) is 4.74 Å². The minimum Gasteiger partial charge on any atom is -0.381 e. The summed E-state index contributed by atoms with van der Waals surface area (Å²) < 4.78 is 6.22. The molecule has 1 aliphatic rings. The predicted molar refractivity (Wildman–Crippen MR) is 50.1 cm³/mol. The van der Waals surface area contributed by atoms with Gasteiger partial charge in [0.05, 0.1) is 6.61 Å². The van der Waals surface area contributed by atoms with Crippen molar-refractivity contribution >= 4 is 15.9 Å². The van der Waals surface area contributed by atoms with Crippen molar-refractivity contribution in [3.63, 3.8) is 0 Å². The highest BCUT2D eigenvalue weighted by Gasteiger charge is 2.17. The molecule has 0 spiro atoms. The summed E-state index contributed by atoms with van der Waals surface area (Å²) in [7, 11) is 0. The number of aromatic nitrogens is 1. The average molecular weight is 228 g/mol. The van der Waals surface area contributed by atoms with Gasteiger partial charge in [-0.1, -0.05) is 0 Å². The summed E-state index contributed by atoms with van der Waals surface area (Å²) in [6, 6.07) is 4.13. The fraction of sp³-hybridized carbons (Fsp3) is 0.444. The first-order valence-corrected chi connectivity index (χ1v) is 4.85. The van der Waals surface area contributed by atoms with Crippen LogP contribution in [0.4, 0.5) is 0 Å². The van der Waals surface area contributed by atoms with Gasteiger partial charge in [-0.3, -0.25) is 0 Å². The highest BCUT2D eigenvalue weighted by Crippen LogP contribution is 2.25. The van der Waals surface area contributed by atoms with Gasteiger partial charge in [0.2, 0.25) is 0 Å². The molecule has 2 nitrogen and oxygen atoms in total. The Morgan fingerprint density at radius 2 is 2.50 bits per heavy atom. The van der Waals surface area contributed by atoms with Crippen molar-refractivity contribution in [2.24, 2.45) is 0 Å². The summed E-state index contributed by atoms with van der Waals surface area (Å²) in [5.74, 6) is 0.573.